The molecule has 1 aliphatic rings. The minimum atomic E-state index is -3.81. The van der Waals surface area contributed by atoms with E-state index < -0.39 is 16.1 Å². The minimum Gasteiger partial charge on any atom is -0.396 e. The number of nitrogens with one attached hydrogen (secondary N) is 4. The standard InChI is InChI=1S/C33H44Cl2N6O4S/c1-2-3-4-5-6-7-16-38-33(43)39-41-18-15-24-19-27(12-13-30(24)41)46(44,45)40-26-10-8-23(9-11-26)14-17-37-22-31(42)25-20-28(34)32(36)29(35)21-25/h8-13,19-21,31,37,40,42H,2-7,14-18,22,36H2,1H3,(H2,38,39,43). The Morgan fingerprint density at radius 3 is 2.39 bits per heavy atom. The molecule has 2 amide bonds. The SMILES string of the molecule is CCCCCCCCNC(=O)NN1CCc2cc(S(=O)(=O)Nc3ccc(CCNCC(O)c4cc(Cl)c(N)c(Cl)c4)cc3)ccc21. The van der Waals surface area contributed by atoms with Gasteiger partial charge in [0.25, 0.3) is 10.0 Å². The van der Waals surface area contributed by atoms with Gasteiger partial charge < -0.3 is 21.5 Å². The molecule has 3 aromatic carbocycles. The molecule has 0 aliphatic carbocycles. The predicted molar refractivity (Wildman–Crippen MR) is 187 cm³/mol. The highest BCUT2D eigenvalue weighted by Gasteiger charge is 2.24. The number of fused-ring (bicyclic) bond motifs is 1. The predicted octanol–water partition coefficient (Wildman–Crippen LogP) is 6.18. The van der Waals surface area contributed by atoms with E-state index in [2.05, 4.69) is 27.7 Å². The number of nitrogens with two attached hydrogens (primary N) is 1. The van der Waals surface area contributed by atoms with Gasteiger partial charge in [-0.1, -0.05) is 74.4 Å². The van der Waals surface area contributed by atoms with Gasteiger partial charge in [-0.05, 0) is 85.0 Å². The Kier molecular flexibility index (Phi) is 13.2. The number of carbonyl (C=O) groups is 1. The number of aliphatic hydroxyl groups is 1. The van der Waals surface area contributed by atoms with Crippen molar-refractivity contribution >= 4 is 56.3 Å². The number of anilines is 3. The molecule has 46 heavy (non-hydrogen) atoms. The van der Waals surface area contributed by atoms with Crippen LogP contribution in [-0.2, 0) is 22.9 Å². The van der Waals surface area contributed by atoms with Gasteiger partial charge in [0.2, 0.25) is 0 Å². The molecule has 0 radical (unpaired) electrons. The molecule has 0 saturated carbocycles. The monoisotopic (exact) mass is 690 g/mol. The summed E-state index contributed by atoms with van der Waals surface area (Å²) in [6, 6.07) is 15.1. The van der Waals surface area contributed by atoms with Crippen molar-refractivity contribution in [2.24, 2.45) is 0 Å². The average molecular weight is 692 g/mol. The number of benzene rings is 3. The van der Waals surface area contributed by atoms with Crippen molar-refractivity contribution in [2.45, 2.75) is 69.3 Å². The van der Waals surface area contributed by atoms with E-state index in [0.717, 1.165) is 29.7 Å². The first kappa shape index (κ1) is 35.6. The molecule has 0 bridgehead atoms. The fourth-order valence-electron chi connectivity index (χ4n) is 5.27. The Hall–Kier alpha value is -3.22. The van der Waals surface area contributed by atoms with Crippen LogP contribution < -0.4 is 31.5 Å². The van der Waals surface area contributed by atoms with Crippen LogP contribution in [0.2, 0.25) is 10.0 Å². The second-order valence-electron chi connectivity index (χ2n) is 11.5. The zero-order chi connectivity index (χ0) is 33.1. The number of rotatable bonds is 17. The summed E-state index contributed by atoms with van der Waals surface area (Å²) < 4.78 is 29.0. The highest BCUT2D eigenvalue weighted by molar-refractivity contribution is 7.92. The van der Waals surface area contributed by atoms with Crippen LogP contribution in [0.25, 0.3) is 0 Å². The van der Waals surface area contributed by atoms with Gasteiger partial charge >= 0.3 is 6.03 Å². The number of hydrogen-bond acceptors (Lipinski definition) is 7. The smallest absolute Gasteiger partial charge is 0.333 e. The third-order valence-electron chi connectivity index (χ3n) is 7.93. The number of hydrazine groups is 1. The van der Waals surface area contributed by atoms with Gasteiger partial charge in [-0.25, -0.2) is 18.6 Å². The number of hydrogen-bond donors (Lipinski definition) is 6. The topological polar surface area (TPSA) is 149 Å². The number of nitrogen functional groups attached to an aromatic ring is 1. The highest BCUT2D eigenvalue weighted by atomic mass is 35.5. The first-order chi connectivity index (χ1) is 22.1. The van der Waals surface area contributed by atoms with Gasteiger partial charge in [0.05, 0.1) is 32.4 Å². The summed E-state index contributed by atoms with van der Waals surface area (Å²) in [5.41, 5.74) is 12.6. The Bertz CT molecular complexity index is 1550. The minimum absolute atomic E-state index is 0.163. The zero-order valence-electron chi connectivity index (χ0n) is 26.1. The van der Waals surface area contributed by atoms with Crippen molar-refractivity contribution in [3.63, 3.8) is 0 Å². The quantitative estimate of drug-likeness (QED) is 0.0732. The largest absolute Gasteiger partial charge is 0.396 e. The van der Waals surface area contributed by atoms with E-state index in [1.807, 2.05) is 12.1 Å². The van der Waals surface area contributed by atoms with Gasteiger partial charge in [-0.2, -0.15) is 0 Å². The zero-order valence-corrected chi connectivity index (χ0v) is 28.4. The molecule has 4 rings (SSSR count). The molecule has 1 heterocycles. The van der Waals surface area contributed by atoms with Crippen LogP contribution in [-0.4, -0.2) is 45.7 Å². The van der Waals surface area contributed by atoms with Gasteiger partial charge in [0, 0.05) is 25.3 Å². The van der Waals surface area contributed by atoms with Crippen LogP contribution in [0.15, 0.2) is 59.5 Å². The summed E-state index contributed by atoms with van der Waals surface area (Å²) in [7, 11) is -3.81. The number of aliphatic hydroxyl groups excluding tert-OH is 1. The first-order valence-corrected chi connectivity index (χ1v) is 18.0. The van der Waals surface area contributed by atoms with E-state index in [4.69, 9.17) is 28.9 Å². The summed E-state index contributed by atoms with van der Waals surface area (Å²) >= 11 is 12.1. The van der Waals surface area contributed by atoms with Crippen molar-refractivity contribution in [1.82, 2.24) is 16.1 Å². The third-order valence-corrected chi connectivity index (χ3v) is 9.93. The lowest BCUT2D eigenvalue weighted by atomic mass is 10.1. The van der Waals surface area contributed by atoms with E-state index in [9.17, 15) is 18.3 Å². The Morgan fingerprint density at radius 1 is 0.978 bits per heavy atom. The fraction of sp³-hybridized carbons (Fsp3) is 0.424. The fourth-order valence-corrected chi connectivity index (χ4v) is 6.88. The molecular weight excluding hydrogens is 647 g/mol. The second-order valence-corrected chi connectivity index (χ2v) is 14.0. The van der Waals surface area contributed by atoms with Crippen molar-refractivity contribution < 1.29 is 18.3 Å². The van der Waals surface area contributed by atoms with Gasteiger partial charge in [-0.15, -0.1) is 0 Å². The van der Waals surface area contributed by atoms with Crippen LogP contribution in [0.4, 0.5) is 21.9 Å². The number of amides is 2. The van der Waals surface area contributed by atoms with E-state index in [0.29, 0.717) is 60.3 Å². The third kappa shape index (κ3) is 10.1. The van der Waals surface area contributed by atoms with Crippen LogP contribution >= 0.6 is 23.2 Å². The lowest BCUT2D eigenvalue weighted by Crippen LogP contribution is -2.47. The highest BCUT2D eigenvalue weighted by Crippen LogP contribution is 2.31. The lowest BCUT2D eigenvalue weighted by Gasteiger charge is -2.21. The number of sulfonamides is 1. The summed E-state index contributed by atoms with van der Waals surface area (Å²) in [5, 5.41) is 18.9. The summed E-state index contributed by atoms with van der Waals surface area (Å²) in [6.07, 6.45) is 7.44. The average Bonchev–Trinajstić information content (AvgIpc) is 3.43. The van der Waals surface area contributed by atoms with E-state index in [1.54, 1.807) is 47.5 Å². The van der Waals surface area contributed by atoms with E-state index in [-0.39, 0.29) is 16.6 Å². The van der Waals surface area contributed by atoms with Gasteiger partial charge in [0.15, 0.2) is 0 Å². The maximum atomic E-state index is 13.2. The van der Waals surface area contributed by atoms with Crippen molar-refractivity contribution in [3.8, 4) is 0 Å². The van der Waals surface area contributed by atoms with Crippen LogP contribution in [0, 0.1) is 0 Å². The molecule has 1 atom stereocenters. The van der Waals surface area contributed by atoms with Crippen LogP contribution in [0.5, 0.6) is 0 Å². The van der Waals surface area contributed by atoms with Crippen molar-refractivity contribution in [3.05, 3.63) is 81.3 Å². The number of unbranched alkanes of at least 4 members (excludes halogenated alkanes) is 5. The molecule has 0 saturated heterocycles. The second kappa shape index (κ2) is 17.1. The lowest BCUT2D eigenvalue weighted by molar-refractivity contribution is 0.175. The molecule has 1 aliphatic heterocycles. The molecule has 10 nitrogen and oxygen atoms in total. The molecule has 0 spiro atoms. The number of nitrogens with zero attached hydrogens (tertiary/aromatic N) is 1. The normalized spacial score (nSPS) is 13.3. The van der Waals surface area contributed by atoms with Crippen molar-refractivity contribution in [1.29, 1.82) is 0 Å². The van der Waals surface area contributed by atoms with Crippen LogP contribution in [0.1, 0.15) is 68.2 Å². The first-order valence-electron chi connectivity index (χ1n) is 15.8. The summed E-state index contributed by atoms with van der Waals surface area (Å²) in [4.78, 5) is 12.5. The molecule has 7 N–H and O–H groups in total. The molecule has 0 fully saturated rings. The Balaban J connectivity index is 1.22. The number of carbonyl (C=O) groups excluding carboxylic acids is 1. The van der Waals surface area contributed by atoms with Crippen molar-refractivity contribution in [2.75, 3.05) is 41.6 Å². The molecule has 1 unspecified atom stereocenters. The molecule has 13 heteroatoms. The van der Waals surface area contributed by atoms with Gasteiger partial charge in [-0.3, -0.25) is 9.73 Å². The maximum absolute atomic E-state index is 13.2. The molecule has 0 aromatic heterocycles. The molecule has 250 valence electrons. The molecule has 3 aromatic rings. The molecular formula is C33H44Cl2N6O4S. The summed E-state index contributed by atoms with van der Waals surface area (Å²) in [6.45, 7) is 4.28. The van der Waals surface area contributed by atoms with E-state index >= 15 is 0 Å². The Morgan fingerprint density at radius 2 is 1.67 bits per heavy atom. The van der Waals surface area contributed by atoms with Crippen LogP contribution in [0.3, 0.4) is 0 Å². The van der Waals surface area contributed by atoms with E-state index in [1.165, 1.54) is 25.7 Å². The Labute approximate surface area is 282 Å². The maximum Gasteiger partial charge on any atom is 0.333 e. The van der Waals surface area contributed by atoms with Gasteiger partial charge in [0.1, 0.15) is 0 Å². The number of halogens is 2. The number of urea groups is 1. The summed E-state index contributed by atoms with van der Waals surface area (Å²) in [5.74, 6) is 0.